The quantitative estimate of drug-likeness (QED) is 0.894. The van der Waals surface area contributed by atoms with Crippen LogP contribution in [0.1, 0.15) is 18.7 Å². The van der Waals surface area contributed by atoms with Crippen LogP contribution >= 0.6 is 0 Å². The van der Waals surface area contributed by atoms with Crippen molar-refractivity contribution >= 4 is 0 Å². The van der Waals surface area contributed by atoms with Gasteiger partial charge in [-0.25, -0.2) is 0 Å². The van der Waals surface area contributed by atoms with Crippen LogP contribution in [0.5, 0.6) is 0 Å². The highest BCUT2D eigenvalue weighted by molar-refractivity contribution is 5.30. The minimum absolute atomic E-state index is 0.608. The van der Waals surface area contributed by atoms with E-state index < -0.39 is 0 Å². The van der Waals surface area contributed by atoms with Gasteiger partial charge in [0.15, 0.2) is 5.82 Å². The maximum atomic E-state index is 4.17. The fourth-order valence-corrected chi connectivity index (χ4v) is 2.67. The summed E-state index contributed by atoms with van der Waals surface area (Å²) in [6.07, 6.45) is 2.37. The van der Waals surface area contributed by atoms with Gasteiger partial charge in [-0.2, -0.15) is 4.68 Å². The van der Waals surface area contributed by atoms with E-state index >= 15 is 0 Å². The van der Waals surface area contributed by atoms with Crippen molar-refractivity contribution in [3.63, 3.8) is 0 Å². The lowest BCUT2D eigenvalue weighted by Crippen LogP contribution is -2.41. The van der Waals surface area contributed by atoms with Crippen molar-refractivity contribution in [1.82, 2.24) is 30.4 Å². The lowest BCUT2D eigenvalue weighted by molar-refractivity contribution is 0.186. The average Bonchev–Trinajstić information content (AvgIpc) is 2.97. The lowest BCUT2D eigenvalue weighted by atomic mass is 10.1. The second kappa shape index (κ2) is 6.11. The molecule has 0 amide bonds. The molecule has 1 aliphatic heterocycles. The van der Waals surface area contributed by atoms with Crippen LogP contribution in [-0.2, 0) is 6.54 Å². The van der Waals surface area contributed by atoms with Crippen LogP contribution in [0.15, 0.2) is 30.3 Å². The summed E-state index contributed by atoms with van der Waals surface area (Å²) in [5.74, 6) is 0.886. The van der Waals surface area contributed by atoms with Crippen molar-refractivity contribution in [3.05, 3.63) is 36.2 Å². The number of benzene rings is 1. The zero-order valence-electron chi connectivity index (χ0n) is 11.7. The molecule has 0 aliphatic carbocycles. The van der Waals surface area contributed by atoms with Crippen molar-refractivity contribution in [1.29, 1.82) is 0 Å². The van der Waals surface area contributed by atoms with E-state index in [4.69, 9.17) is 0 Å². The van der Waals surface area contributed by atoms with Crippen LogP contribution in [0.2, 0.25) is 0 Å². The van der Waals surface area contributed by atoms with Gasteiger partial charge in [-0.15, -0.1) is 5.10 Å². The van der Waals surface area contributed by atoms with Crippen molar-refractivity contribution in [2.75, 3.05) is 20.1 Å². The normalized spacial score (nSPS) is 16.7. The van der Waals surface area contributed by atoms with Gasteiger partial charge in [0.25, 0.3) is 0 Å². The summed E-state index contributed by atoms with van der Waals surface area (Å²) in [6, 6.07) is 10.6. The molecule has 2 heterocycles. The monoisotopic (exact) mass is 272 g/mol. The molecule has 106 valence electrons. The fraction of sp³-hybridized carbons (Fsp3) is 0.500. The SMILES string of the molecule is CN(Cc1nnnn1-c1ccccc1)C1CCNCC1. The van der Waals surface area contributed by atoms with E-state index in [1.165, 1.54) is 12.8 Å². The van der Waals surface area contributed by atoms with Crippen LogP contribution in [0.3, 0.4) is 0 Å². The largest absolute Gasteiger partial charge is 0.317 e. The summed E-state index contributed by atoms with van der Waals surface area (Å²) < 4.78 is 1.82. The molecule has 0 spiro atoms. The van der Waals surface area contributed by atoms with Gasteiger partial charge in [-0.1, -0.05) is 18.2 Å². The number of tetrazole rings is 1. The van der Waals surface area contributed by atoms with Gasteiger partial charge in [0.05, 0.1) is 12.2 Å². The summed E-state index contributed by atoms with van der Waals surface area (Å²) in [5, 5.41) is 15.5. The zero-order valence-corrected chi connectivity index (χ0v) is 11.7. The highest BCUT2D eigenvalue weighted by Gasteiger charge is 2.20. The molecule has 1 aromatic heterocycles. The number of nitrogens with zero attached hydrogens (tertiary/aromatic N) is 5. The van der Waals surface area contributed by atoms with Gasteiger partial charge in [0.2, 0.25) is 0 Å². The molecule has 0 bridgehead atoms. The molecule has 6 heteroatoms. The summed E-state index contributed by atoms with van der Waals surface area (Å²) >= 11 is 0. The van der Waals surface area contributed by atoms with E-state index in [0.717, 1.165) is 31.1 Å². The van der Waals surface area contributed by atoms with Gasteiger partial charge >= 0.3 is 0 Å². The summed E-state index contributed by atoms with van der Waals surface area (Å²) in [7, 11) is 2.15. The summed E-state index contributed by atoms with van der Waals surface area (Å²) in [6.45, 7) is 2.96. The molecule has 0 saturated carbocycles. The van der Waals surface area contributed by atoms with E-state index in [-0.39, 0.29) is 0 Å². The third-order valence-electron chi connectivity index (χ3n) is 3.86. The number of para-hydroxylation sites is 1. The van der Waals surface area contributed by atoms with Gasteiger partial charge in [0, 0.05) is 6.04 Å². The molecule has 1 N–H and O–H groups in total. The number of hydrogen-bond acceptors (Lipinski definition) is 5. The molecule has 0 radical (unpaired) electrons. The van der Waals surface area contributed by atoms with Gasteiger partial charge in [0.1, 0.15) is 0 Å². The zero-order chi connectivity index (χ0) is 13.8. The molecule has 2 aromatic rings. The minimum atomic E-state index is 0.608. The fourth-order valence-electron chi connectivity index (χ4n) is 2.67. The topological polar surface area (TPSA) is 58.9 Å². The van der Waals surface area contributed by atoms with Gasteiger partial charge < -0.3 is 5.32 Å². The van der Waals surface area contributed by atoms with Crippen LogP contribution in [-0.4, -0.2) is 51.3 Å². The van der Waals surface area contributed by atoms with Crippen LogP contribution in [0, 0.1) is 0 Å². The van der Waals surface area contributed by atoms with E-state index in [2.05, 4.69) is 32.8 Å². The lowest BCUT2D eigenvalue weighted by Gasteiger charge is -2.31. The average molecular weight is 272 g/mol. The minimum Gasteiger partial charge on any atom is -0.317 e. The maximum absolute atomic E-state index is 4.17. The van der Waals surface area contributed by atoms with Gasteiger partial charge in [-0.3, -0.25) is 4.90 Å². The second-order valence-corrected chi connectivity index (χ2v) is 5.24. The highest BCUT2D eigenvalue weighted by atomic mass is 15.5. The first-order valence-electron chi connectivity index (χ1n) is 7.08. The van der Waals surface area contributed by atoms with E-state index in [1.54, 1.807) is 0 Å². The molecule has 3 rings (SSSR count). The first-order valence-corrected chi connectivity index (χ1v) is 7.08. The third kappa shape index (κ3) is 2.86. The molecular formula is C14H20N6. The number of rotatable bonds is 4. The molecule has 1 aromatic carbocycles. The molecule has 0 unspecified atom stereocenters. The molecule has 1 aliphatic rings. The number of nitrogens with one attached hydrogen (secondary N) is 1. The number of aromatic nitrogens is 4. The standard InChI is InChI=1S/C14H20N6/c1-19(12-7-9-15-10-8-12)11-14-16-17-18-20(14)13-5-3-2-4-6-13/h2-6,12,15H,7-11H2,1H3. The van der Waals surface area contributed by atoms with E-state index in [0.29, 0.717) is 6.04 Å². The molecule has 1 saturated heterocycles. The Hall–Kier alpha value is -1.79. The molecule has 1 fully saturated rings. The van der Waals surface area contributed by atoms with E-state index in [1.807, 2.05) is 35.0 Å². The Morgan fingerprint density at radius 3 is 2.75 bits per heavy atom. The Bertz CT molecular complexity index is 532. The Balaban J connectivity index is 1.73. The maximum Gasteiger partial charge on any atom is 0.170 e. The Labute approximate surface area is 118 Å². The van der Waals surface area contributed by atoms with Crippen molar-refractivity contribution < 1.29 is 0 Å². The molecular weight excluding hydrogens is 252 g/mol. The first kappa shape index (κ1) is 13.2. The van der Waals surface area contributed by atoms with Crippen LogP contribution < -0.4 is 5.32 Å². The predicted molar refractivity (Wildman–Crippen MR) is 76.5 cm³/mol. The molecule has 6 nitrogen and oxygen atoms in total. The van der Waals surface area contributed by atoms with Crippen molar-refractivity contribution in [3.8, 4) is 5.69 Å². The third-order valence-corrected chi connectivity index (χ3v) is 3.86. The van der Waals surface area contributed by atoms with E-state index in [9.17, 15) is 0 Å². The second-order valence-electron chi connectivity index (χ2n) is 5.24. The Morgan fingerprint density at radius 2 is 2.00 bits per heavy atom. The smallest absolute Gasteiger partial charge is 0.170 e. The van der Waals surface area contributed by atoms with Crippen LogP contribution in [0.4, 0.5) is 0 Å². The Morgan fingerprint density at radius 1 is 1.25 bits per heavy atom. The highest BCUT2D eigenvalue weighted by Crippen LogP contribution is 2.14. The molecule has 0 atom stereocenters. The first-order chi connectivity index (χ1) is 9.84. The number of piperidine rings is 1. The summed E-state index contributed by atoms with van der Waals surface area (Å²) in [5.41, 5.74) is 1.01. The number of hydrogen-bond donors (Lipinski definition) is 1. The predicted octanol–water partition coefficient (Wildman–Crippen LogP) is 0.846. The van der Waals surface area contributed by atoms with Gasteiger partial charge in [-0.05, 0) is 55.5 Å². The summed E-state index contributed by atoms with van der Waals surface area (Å²) in [4.78, 5) is 2.35. The molecule has 20 heavy (non-hydrogen) atoms. The van der Waals surface area contributed by atoms with Crippen molar-refractivity contribution in [2.45, 2.75) is 25.4 Å². The Kier molecular flexibility index (Phi) is 4.03. The van der Waals surface area contributed by atoms with Crippen molar-refractivity contribution in [2.24, 2.45) is 0 Å². The van der Waals surface area contributed by atoms with Crippen LogP contribution in [0.25, 0.3) is 5.69 Å².